The number of carbonyl (C=O) groups is 1. The maximum atomic E-state index is 11.7. The fraction of sp³-hybridized carbons (Fsp3) is 0.765. The van der Waals surface area contributed by atoms with Gasteiger partial charge in [0.05, 0.1) is 19.8 Å². The molecule has 0 aromatic carbocycles. The Hall–Kier alpha value is -0.910. The van der Waals surface area contributed by atoms with Crippen molar-refractivity contribution < 1.29 is 19.0 Å². The minimum atomic E-state index is -0.492. The molecule has 0 bridgehead atoms. The van der Waals surface area contributed by atoms with Crippen LogP contribution in [0, 0.1) is 0 Å². The van der Waals surface area contributed by atoms with Gasteiger partial charge in [-0.05, 0) is 6.92 Å². The van der Waals surface area contributed by atoms with Crippen LogP contribution >= 0.6 is 24.0 Å². The highest BCUT2D eigenvalue weighted by atomic mass is 127. The van der Waals surface area contributed by atoms with E-state index in [-0.39, 0.29) is 42.5 Å². The molecular formula is C17H31IN4O4. The molecular weight excluding hydrogens is 451 g/mol. The first-order valence-corrected chi connectivity index (χ1v) is 8.66. The van der Waals surface area contributed by atoms with E-state index in [1.54, 1.807) is 14.1 Å². The van der Waals surface area contributed by atoms with Gasteiger partial charge < -0.3 is 29.7 Å². The lowest BCUT2D eigenvalue weighted by molar-refractivity contribution is -0.210. The lowest BCUT2D eigenvalue weighted by Gasteiger charge is -2.31. The summed E-state index contributed by atoms with van der Waals surface area (Å²) in [6.45, 7) is 8.90. The molecule has 2 aliphatic rings. The smallest absolute Gasteiger partial charge is 0.243 e. The third kappa shape index (κ3) is 7.37. The predicted molar refractivity (Wildman–Crippen MR) is 111 cm³/mol. The predicted octanol–water partition coefficient (Wildman–Crippen LogP) is 0.726. The Kier molecular flexibility index (Phi) is 9.83. The number of hydrogen-bond donors (Lipinski definition) is 2. The summed E-state index contributed by atoms with van der Waals surface area (Å²) >= 11 is 0. The average molecular weight is 482 g/mol. The number of aliphatic imine (C=N–C) groups is 1. The van der Waals surface area contributed by atoms with Crippen LogP contribution < -0.4 is 10.6 Å². The molecule has 9 heteroatoms. The molecule has 8 nitrogen and oxygen atoms in total. The van der Waals surface area contributed by atoms with E-state index < -0.39 is 5.79 Å². The molecule has 2 fully saturated rings. The van der Waals surface area contributed by atoms with Crippen molar-refractivity contribution in [3.8, 4) is 0 Å². The minimum absolute atomic E-state index is 0. The molecule has 2 heterocycles. The standard InChI is InChI=1S/C17H30N4O4.HI/c1-13(2)9-18-16(20-11-15(22)21(3)4)19-10-14-12-24-17(25-14)5-7-23-8-6-17;/h14H,1,5-12H2,2-4H3,(H2,18,19,20);1H. The van der Waals surface area contributed by atoms with Gasteiger partial charge in [-0.25, -0.2) is 4.99 Å². The zero-order valence-corrected chi connectivity index (χ0v) is 18.2. The third-order valence-corrected chi connectivity index (χ3v) is 4.09. The third-order valence-electron chi connectivity index (χ3n) is 4.09. The number of hydrogen-bond acceptors (Lipinski definition) is 5. The van der Waals surface area contributed by atoms with E-state index >= 15 is 0 Å². The van der Waals surface area contributed by atoms with Crippen LogP contribution in [0.5, 0.6) is 0 Å². The van der Waals surface area contributed by atoms with Crippen molar-refractivity contribution in [3.63, 3.8) is 0 Å². The van der Waals surface area contributed by atoms with Crippen LogP contribution in [0.2, 0.25) is 0 Å². The van der Waals surface area contributed by atoms with Crippen molar-refractivity contribution in [2.45, 2.75) is 31.7 Å². The number of carbonyl (C=O) groups excluding carboxylic acids is 1. The van der Waals surface area contributed by atoms with Crippen molar-refractivity contribution >= 4 is 35.8 Å². The van der Waals surface area contributed by atoms with E-state index in [2.05, 4.69) is 22.2 Å². The molecule has 2 aliphatic heterocycles. The van der Waals surface area contributed by atoms with Crippen LogP contribution in [0.25, 0.3) is 0 Å². The first-order valence-electron chi connectivity index (χ1n) is 8.66. The van der Waals surface area contributed by atoms with Crippen LogP contribution in [-0.2, 0) is 19.0 Å². The summed E-state index contributed by atoms with van der Waals surface area (Å²) in [6, 6.07) is 0. The fourth-order valence-electron chi connectivity index (χ4n) is 2.57. The first-order chi connectivity index (χ1) is 11.9. The lowest BCUT2D eigenvalue weighted by atomic mass is 10.1. The summed E-state index contributed by atoms with van der Waals surface area (Å²) in [6.07, 6.45) is 1.46. The number of amides is 1. The number of nitrogens with one attached hydrogen (secondary N) is 2. The van der Waals surface area contributed by atoms with E-state index in [0.29, 0.717) is 38.9 Å². The molecule has 1 atom stereocenters. The molecule has 1 unspecified atom stereocenters. The second kappa shape index (κ2) is 11.1. The zero-order chi connectivity index (χ0) is 18.3. The highest BCUT2D eigenvalue weighted by molar-refractivity contribution is 14.0. The van der Waals surface area contributed by atoms with Gasteiger partial charge in [-0.2, -0.15) is 0 Å². The monoisotopic (exact) mass is 482 g/mol. The first kappa shape index (κ1) is 23.1. The molecule has 0 radical (unpaired) electrons. The van der Waals surface area contributed by atoms with E-state index in [0.717, 1.165) is 18.4 Å². The Morgan fingerprint density at radius 2 is 2.00 bits per heavy atom. The molecule has 0 aromatic heterocycles. The SMILES string of the molecule is C=C(C)CNC(=NCC(=O)N(C)C)NCC1COC2(CCOCC2)O1.I. The summed E-state index contributed by atoms with van der Waals surface area (Å²) in [5.41, 5.74) is 0.982. The minimum Gasteiger partial charge on any atom is -0.381 e. The normalized spacial score (nSPS) is 21.8. The summed E-state index contributed by atoms with van der Waals surface area (Å²) in [4.78, 5) is 17.6. The number of ether oxygens (including phenoxy) is 3. The number of likely N-dealkylation sites (N-methyl/N-ethyl adjacent to an activating group) is 1. The van der Waals surface area contributed by atoms with E-state index in [1.807, 2.05) is 6.92 Å². The highest BCUT2D eigenvalue weighted by Gasteiger charge is 2.42. The van der Waals surface area contributed by atoms with Crippen LogP contribution in [0.15, 0.2) is 17.1 Å². The van der Waals surface area contributed by atoms with Gasteiger partial charge in [-0.3, -0.25) is 4.79 Å². The van der Waals surface area contributed by atoms with Crippen molar-refractivity contribution in [2.75, 3.05) is 53.6 Å². The summed E-state index contributed by atoms with van der Waals surface area (Å²) in [7, 11) is 3.42. The zero-order valence-electron chi connectivity index (χ0n) is 15.9. The molecule has 2 N–H and O–H groups in total. The molecule has 26 heavy (non-hydrogen) atoms. The second-order valence-corrected chi connectivity index (χ2v) is 6.72. The summed E-state index contributed by atoms with van der Waals surface area (Å²) < 4.78 is 17.3. The van der Waals surface area contributed by atoms with Crippen molar-refractivity contribution in [2.24, 2.45) is 4.99 Å². The second-order valence-electron chi connectivity index (χ2n) is 6.72. The lowest BCUT2D eigenvalue weighted by Crippen LogP contribution is -2.44. The molecule has 2 rings (SSSR count). The number of rotatable bonds is 6. The van der Waals surface area contributed by atoms with Gasteiger partial charge in [0.1, 0.15) is 12.6 Å². The van der Waals surface area contributed by atoms with Gasteiger partial charge in [0.25, 0.3) is 0 Å². The quantitative estimate of drug-likeness (QED) is 0.251. The number of halogens is 1. The van der Waals surface area contributed by atoms with Gasteiger partial charge in [0.2, 0.25) is 5.91 Å². The van der Waals surface area contributed by atoms with Gasteiger partial charge in [0, 0.05) is 40.0 Å². The number of nitrogens with zero attached hydrogens (tertiary/aromatic N) is 2. The van der Waals surface area contributed by atoms with Crippen molar-refractivity contribution in [1.29, 1.82) is 0 Å². The molecule has 0 aromatic rings. The Bertz CT molecular complexity index is 507. The van der Waals surface area contributed by atoms with E-state index in [9.17, 15) is 4.79 Å². The van der Waals surface area contributed by atoms with Gasteiger partial charge in [0.15, 0.2) is 11.7 Å². The largest absolute Gasteiger partial charge is 0.381 e. The Labute approximate surface area is 172 Å². The summed E-state index contributed by atoms with van der Waals surface area (Å²) in [5.74, 6) is 0.0150. The molecule has 1 amide bonds. The summed E-state index contributed by atoms with van der Waals surface area (Å²) in [5, 5.41) is 6.38. The Balaban J connectivity index is 0.00000338. The topological polar surface area (TPSA) is 84.4 Å². The molecule has 2 saturated heterocycles. The van der Waals surface area contributed by atoms with Crippen LogP contribution in [0.1, 0.15) is 19.8 Å². The molecule has 0 saturated carbocycles. The average Bonchev–Trinajstić information content (AvgIpc) is 2.96. The van der Waals surface area contributed by atoms with Crippen LogP contribution in [0.4, 0.5) is 0 Å². The van der Waals surface area contributed by atoms with Gasteiger partial charge in [-0.15, -0.1) is 24.0 Å². The highest BCUT2D eigenvalue weighted by Crippen LogP contribution is 2.32. The van der Waals surface area contributed by atoms with Gasteiger partial charge in [-0.1, -0.05) is 12.2 Å². The van der Waals surface area contributed by atoms with Crippen LogP contribution in [0.3, 0.4) is 0 Å². The van der Waals surface area contributed by atoms with Gasteiger partial charge >= 0.3 is 0 Å². The molecule has 1 spiro atoms. The van der Waals surface area contributed by atoms with Crippen LogP contribution in [-0.4, -0.2) is 82.2 Å². The molecule has 150 valence electrons. The fourth-order valence-corrected chi connectivity index (χ4v) is 2.57. The Morgan fingerprint density at radius 1 is 1.31 bits per heavy atom. The van der Waals surface area contributed by atoms with E-state index in [1.165, 1.54) is 4.90 Å². The van der Waals surface area contributed by atoms with E-state index in [4.69, 9.17) is 14.2 Å². The Morgan fingerprint density at radius 3 is 2.62 bits per heavy atom. The molecule has 0 aliphatic carbocycles. The maximum absolute atomic E-state index is 11.7. The van der Waals surface area contributed by atoms with Crippen molar-refractivity contribution in [1.82, 2.24) is 15.5 Å². The maximum Gasteiger partial charge on any atom is 0.243 e. The van der Waals surface area contributed by atoms with Crippen molar-refractivity contribution in [3.05, 3.63) is 12.2 Å². The number of guanidine groups is 1.